The van der Waals surface area contributed by atoms with E-state index in [0.717, 1.165) is 31.0 Å². The zero-order valence-corrected chi connectivity index (χ0v) is 8.29. The Labute approximate surface area is 79.9 Å². The highest BCUT2D eigenvalue weighted by Crippen LogP contribution is 2.15. The zero-order valence-electron chi connectivity index (χ0n) is 8.29. The van der Waals surface area contributed by atoms with Crippen LogP contribution in [0.25, 0.3) is 0 Å². The Hall–Kier alpha value is -1.18. The number of rotatable bonds is 5. The lowest BCUT2D eigenvalue weighted by atomic mass is 10.3. The number of hydrogen-bond acceptors (Lipinski definition) is 1. The average Bonchev–Trinajstić information content (AvgIpc) is 2.17. The van der Waals surface area contributed by atoms with Crippen molar-refractivity contribution in [1.82, 2.24) is 5.32 Å². The van der Waals surface area contributed by atoms with Crippen LogP contribution in [0.1, 0.15) is 20.3 Å². The van der Waals surface area contributed by atoms with E-state index in [9.17, 15) is 0 Å². The Morgan fingerprint density at radius 1 is 1.15 bits per heavy atom. The smallest absolute Gasteiger partial charge is 0.119 e. The lowest BCUT2D eigenvalue weighted by Crippen LogP contribution is -1.96. The Morgan fingerprint density at radius 2 is 1.85 bits per heavy atom. The highest BCUT2D eigenvalue weighted by molar-refractivity contribution is 5.40. The maximum Gasteiger partial charge on any atom is 0.119 e. The van der Waals surface area contributed by atoms with Crippen LogP contribution in [-0.2, 0) is 0 Å². The Balaban J connectivity index is 2.48. The summed E-state index contributed by atoms with van der Waals surface area (Å²) in [6.07, 6.45) is 1.04. The Bertz CT molecular complexity index is 230. The molecule has 1 aromatic carbocycles. The molecule has 0 unspecified atom stereocenters. The van der Waals surface area contributed by atoms with Gasteiger partial charge >= 0.3 is 0 Å². The minimum Gasteiger partial charge on any atom is -0.494 e. The van der Waals surface area contributed by atoms with Crippen molar-refractivity contribution in [3.8, 4) is 5.75 Å². The van der Waals surface area contributed by atoms with E-state index in [-0.39, 0.29) is 0 Å². The molecule has 1 aromatic rings. The van der Waals surface area contributed by atoms with Gasteiger partial charge in [-0.25, -0.2) is 0 Å². The van der Waals surface area contributed by atoms with Crippen LogP contribution in [-0.4, -0.2) is 13.2 Å². The van der Waals surface area contributed by atoms with Gasteiger partial charge in [-0.15, -0.1) is 0 Å². The van der Waals surface area contributed by atoms with E-state index >= 15 is 0 Å². The molecule has 71 valence electrons. The van der Waals surface area contributed by atoms with Gasteiger partial charge in [0.15, 0.2) is 0 Å². The third kappa shape index (κ3) is 3.36. The summed E-state index contributed by atoms with van der Waals surface area (Å²) in [5.74, 6) is 0.928. The second kappa shape index (κ2) is 5.46. The molecule has 0 aromatic heterocycles. The summed E-state index contributed by atoms with van der Waals surface area (Å²) in [5.41, 5.74) is 1.02. The topological polar surface area (TPSA) is 23.3 Å². The molecule has 0 N–H and O–H groups in total. The van der Waals surface area contributed by atoms with Crippen molar-refractivity contribution < 1.29 is 4.74 Å². The summed E-state index contributed by atoms with van der Waals surface area (Å²) < 4.78 is 5.45. The quantitative estimate of drug-likeness (QED) is 0.680. The summed E-state index contributed by atoms with van der Waals surface area (Å²) in [4.78, 5) is 0. The number of benzene rings is 1. The molecule has 0 fully saturated rings. The van der Waals surface area contributed by atoms with Gasteiger partial charge in [-0.05, 0) is 37.6 Å². The summed E-state index contributed by atoms with van der Waals surface area (Å²) in [5, 5.41) is 4.27. The van der Waals surface area contributed by atoms with Crippen molar-refractivity contribution in [2.75, 3.05) is 13.2 Å². The minimum atomic E-state index is 0.782. The molecule has 0 amide bonds. The summed E-state index contributed by atoms with van der Waals surface area (Å²) in [7, 11) is 0. The van der Waals surface area contributed by atoms with Gasteiger partial charge < -0.3 is 4.74 Å². The van der Waals surface area contributed by atoms with E-state index in [1.165, 1.54) is 0 Å². The number of ether oxygens (including phenoxy) is 1. The van der Waals surface area contributed by atoms with Crippen LogP contribution in [0.15, 0.2) is 24.3 Å². The summed E-state index contributed by atoms with van der Waals surface area (Å²) in [6, 6.07) is 7.89. The van der Waals surface area contributed by atoms with Crippen LogP contribution in [0.3, 0.4) is 0 Å². The standard InChI is InChI=1S/C11H16NO/c1-3-9-13-11-7-5-10(6-8-11)12-4-2/h5-8H,3-4,9H2,1-2H3. The van der Waals surface area contributed by atoms with Gasteiger partial charge in [-0.1, -0.05) is 6.92 Å². The molecule has 1 radical (unpaired) electrons. The van der Waals surface area contributed by atoms with Crippen LogP contribution in [0.4, 0.5) is 5.69 Å². The molecule has 13 heavy (non-hydrogen) atoms. The monoisotopic (exact) mass is 178 g/mol. The number of nitrogens with zero attached hydrogens (tertiary/aromatic N) is 1. The molecular weight excluding hydrogens is 162 g/mol. The molecule has 2 nitrogen and oxygen atoms in total. The van der Waals surface area contributed by atoms with E-state index in [4.69, 9.17) is 4.74 Å². The third-order valence-electron chi connectivity index (χ3n) is 1.65. The second-order valence-corrected chi connectivity index (χ2v) is 2.82. The fourth-order valence-electron chi connectivity index (χ4n) is 1.05. The van der Waals surface area contributed by atoms with Crippen LogP contribution in [0.2, 0.25) is 0 Å². The molecule has 0 heterocycles. The van der Waals surface area contributed by atoms with Gasteiger partial charge in [-0.3, -0.25) is 5.32 Å². The SMILES string of the molecule is CCCOc1ccc([N]CC)cc1. The van der Waals surface area contributed by atoms with Crippen molar-refractivity contribution in [3.05, 3.63) is 24.3 Å². The summed E-state index contributed by atoms with van der Waals surface area (Å²) in [6.45, 7) is 5.74. The molecule has 0 bridgehead atoms. The van der Waals surface area contributed by atoms with E-state index in [1.54, 1.807) is 0 Å². The molecule has 0 aliphatic heterocycles. The Kier molecular flexibility index (Phi) is 4.16. The average molecular weight is 178 g/mol. The minimum absolute atomic E-state index is 0.782. The van der Waals surface area contributed by atoms with Gasteiger partial charge in [0.1, 0.15) is 5.75 Å². The van der Waals surface area contributed by atoms with E-state index < -0.39 is 0 Å². The molecule has 1 rings (SSSR count). The first-order chi connectivity index (χ1) is 6.36. The highest BCUT2D eigenvalue weighted by atomic mass is 16.5. The third-order valence-corrected chi connectivity index (χ3v) is 1.65. The fraction of sp³-hybridized carbons (Fsp3) is 0.455. The van der Waals surface area contributed by atoms with Gasteiger partial charge in [0, 0.05) is 6.54 Å². The predicted molar refractivity (Wildman–Crippen MR) is 54.6 cm³/mol. The first-order valence-corrected chi connectivity index (χ1v) is 4.77. The molecular formula is C11H16NO. The van der Waals surface area contributed by atoms with Crippen LogP contribution in [0.5, 0.6) is 5.75 Å². The largest absolute Gasteiger partial charge is 0.494 e. The molecule has 0 spiro atoms. The van der Waals surface area contributed by atoms with Crippen LogP contribution < -0.4 is 10.1 Å². The molecule has 0 saturated heterocycles. The normalized spacial score (nSPS) is 9.69. The second-order valence-electron chi connectivity index (χ2n) is 2.82. The van der Waals surface area contributed by atoms with Gasteiger partial charge in [0.2, 0.25) is 0 Å². The van der Waals surface area contributed by atoms with Crippen molar-refractivity contribution in [3.63, 3.8) is 0 Å². The predicted octanol–water partition coefficient (Wildman–Crippen LogP) is 2.73. The van der Waals surface area contributed by atoms with E-state index in [1.807, 2.05) is 31.2 Å². The van der Waals surface area contributed by atoms with Crippen molar-refractivity contribution in [1.29, 1.82) is 0 Å². The Morgan fingerprint density at radius 3 is 2.38 bits per heavy atom. The molecule has 2 heteroatoms. The van der Waals surface area contributed by atoms with Crippen LogP contribution in [0, 0.1) is 0 Å². The lowest BCUT2D eigenvalue weighted by Gasteiger charge is -2.05. The molecule has 0 aliphatic carbocycles. The first kappa shape index (κ1) is 9.90. The summed E-state index contributed by atoms with van der Waals surface area (Å²) >= 11 is 0. The van der Waals surface area contributed by atoms with Crippen LogP contribution >= 0.6 is 0 Å². The van der Waals surface area contributed by atoms with Gasteiger partial charge in [0.25, 0.3) is 0 Å². The highest BCUT2D eigenvalue weighted by Gasteiger charge is 1.93. The van der Waals surface area contributed by atoms with E-state index in [2.05, 4.69) is 12.2 Å². The zero-order chi connectivity index (χ0) is 9.52. The van der Waals surface area contributed by atoms with Crippen molar-refractivity contribution >= 4 is 5.69 Å². The molecule has 0 aliphatic rings. The van der Waals surface area contributed by atoms with Gasteiger partial charge in [0.05, 0.1) is 12.3 Å². The van der Waals surface area contributed by atoms with Crippen molar-refractivity contribution in [2.24, 2.45) is 0 Å². The van der Waals surface area contributed by atoms with E-state index in [0.29, 0.717) is 0 Å². The van der Waals surface area contributed by atoms with Gasteiger partial charge in [-0.2, -0.15) is 0 Å². The first-order valence-electron chi connectivity index (χ1n) is 4.77. The number of hydrogen-bond donors (Lipinski definition) is 0. The maximum atomic E-state index is 5.45. The molecule has 0 saturated carbocycles. The fourth-order valence-corrected chi connectivity index (χ4v) is 1.05. The lowest BCUT2D eigenvalue weighted by molar-refractivity contribution is 0.317. The molecule has 0 atom stereocenters. The maximum absolute atomic E-state index is 5.45. The van der Waals surface area contributed by atoms with Crippen molar-refractivity contribution in [2.45, 2.75) is 20.3 Å².